The molecular formula is C13H21NO. The molecule has 1 N–H and O–H groups in total. The highest BCUT2D eigenvalue weighted by molar-refractivity contribution is 5.26. The Labute approximate surface area is 93.0 Å². The maximum absolute atomic E-state index is 9.83. The summed E-state index contributed by atoms with van der Waals surface area (Å²) in [5.41, 5.74) is -0.330. The van der Waals surface area contributed by atoms with E-state index >= 15 is 0 Å². The van der Waals surface area contributed by atoms with Crippen LogP contribution in [-0.2, 0) is 0 Å². The van der Waals surface area contributed by atoms with Crippen molar-refractivity contribution in [2.75, 3.05) is 19.6 Å². The third-order valence-electron chi connectivity index (χ3n) is 2.91. The summed E-state index contributed by atoms with van der Waals surface area (Å²) < 4.78 is 0. The van der Waals surface area contributed by atoms with Crippen LogP contribution >= 0.6 is 0 Å². The lowest BCUT2D eigenvalue weighted by Crippen LogP contribution is -2.30. The highest BCUT2D eigenvalue weighted by atomic mass is 16.3. The molecule has 0 bridgehead atoms. The third kappa shape index (κ3) is 4.07. The van der Waals surface area contributed by atoms with Crippen LogP contribution in [0.2, 0.25) is 0 Å². The molecule has 15 heavy (non-hydrogen) atoms. The van der Waals surface area contributed by atoms with Gasteiger partial charge < -0.3 is 5.11 Å². The van der Waals surface area contributed by atoms with Crippen molar-refractivity contribution in [3.8, 4) is 11.8 Å². The quantitative estimate of drug-likeness (QED) is 0.551. The zero-order valence-corrected chi connectivity index (χ0v) is 9.84. The highest BCUT2D eigenvalue weighted by Gasteiger charge is 2.17. The van der Waals surface area contributed by atoms with Gasteiger partial charge in [0, 0.05) is 0 Å². The number of piperidine rings is 1. The van der Waals surface area contributed by atoms with E-state index in [1.54, 1.807) is 13.8 Å². The molecule has 1 rings (SSSR count). The molecule has 1 atom stereocenters. The average Bonchev–Trinajstić information content (AvgIpc) is 2.19. The second-order valence-electron chi connectivity index (χ2n) is 4.49. The van der Waals surface area contributed by atoms with E-state index in [0.29, 0.717) is 5.57 Å². The lowest BCUT2D eigenvalue weighted by molar-refractivity contribution is 0.161. The lowest BCUT2D eigenvalue weighted by Gasteiger charge is -2.24. The maximum Gasteiger partial charge on any atom is 0.143 e. The van der Waals surface area contributed by atoms with Crippen molar-refractivity contribution in [3.05, 3.63) is 12.2 Å². The molecule has 0 aliphatic carbocycles. The van der Waals surface area contributed by atoms with Crippen LogP contribution in [0.1, 0.15) is 33.1 Å². The molecule has 1 fully saturated rings. The molecule has 1 saturated heterocycles. The largest absolute Gasteiger partial charge is 0.374 e. The number of likely N-dealkylation sites (tertiary alicyclic amines) is 1. The van der Waals surface area contributed by atoms with Crippen LogP contribution in [-0.4, -0.2) is 35.2 Å². The molecule has 2 heteroatoms. The van der Waals surface area contributed by atoms with E-state index in [4.69, 9.17) is 0 Å². The SMILES string of the molecule is C=C(C)[C@@](C)(O)C#CCN1CCCCC1. The van der Waals surface area contributed by atoms with Gasteiger partial charge in [-0.2, -0.15) is 0 Å². The first-order valence-electron chi connectivity index (χ1n) is 5.63. The number of rotatable bonds is 2. The molecule has 0 unspecified atom stereocenters. The van der Waals surface area contributed by atoms with Gasteiger partial charge in [0.1, 0.15) is 5.60 Å². The number of hydrogen-bond acceptors (Lipinski definition) is 2. The minimum atomic E-state index is -1.03. The van der Waals surface area contributed by atoms with Gasteiger partial charge in [0.25, 0.3) is 0 Å². The molecule has 0 aromatic rings. The van der Waals surface area contributed by atoms with Gasteiger partial charge in [-0.15, -0.1) is 0 Å². The van der Waals surface area contributed by atoms with Gasteiger partial charge in [-0.3, -0.25) is 4.90 Å². The van der Waals surface area contributed by atoms with Crippen molar-refractivity contribution >= 4 is 0 Å². The molecule has 0 aromatic carbocycles. The Kier molecular flexibility index (Phi) is 4.38. The standard InChI is InChI=1S/C13H21NO/c1-12(2)13(3,15)8-7-11-14-9-5-4-6-10-14/h15H,1,4-6,9-11H2,2-3H3/t13-/m0/s1. The second-order valence-corrected chi connectivity index (χ2v) is 4.49. The summed E-state index contributed by atoms with van der Waals surface area (Å²) in [6.45, 7) is 10.3. The highest BCUT2D eigenvalue weighted by Crippen LogP contribution is 2.12. The smallest absolute Gasteiger partial charge is 0.143 e. The van der Waals surface area contributed by atoms with E-state index < -0.39 is 5.60 Å². The fourth-order valence-corrected chi connectivity index (χ4v) is 1.55. The first kappa shape index (κ1) is 12.3. The zero-order chi connectivity index (χ0) is 11.3. The predicted octanol–water partition coefficient (Wildman–Crippen LogP) is 1.80. The molecule has 0 spiro atoms. The molecule has 2 nitrogen and oxygen atoms in total. The maximum atomic E-state index is 9.83. The molecular weight excluding hydrogens is 186 g/mol. The summed E-state index contributed by atoms with van der Waals surface area (Å²) in [6, 6.07) is 0. The molecule has 1 aliphatic rings. The number of nitrogens with zero attached hydrogens (tertiary/aromatic N) is 1. The minimum absolute atomic E-state index is 0.702. The van der Waals surface area contributed by atoms with E-state index in [-0.39, 0.29) is 0 Å². The van der Waals surface area contributed by atoms with E-state index in [1.165, 1.54) is 19.3 Å². The van der Waals surface area contributed by atoms with Crippen LogP contribution in [0.3, 0.4) is 0 Å². The normalized spacial score (nSPS) is 21.3. The Morgan fingerprint density at radius 3 is 2.53 bits per heavy atom. The van der Waals surface area contributed by atoms with Crippen LogP contribution in [0, 0.1) is 11.8 Å². The van der Waals surface area contributed by atoms with Crippen molar-refractivity contribution in [1.82, 2.24) is 4.90 Å². The van der Waals surface area contributed by atoms with Crippen molar-refractivity contribution in [2.24, 2.45) is 0 Å². The molecule has 1 heterocycles. The first-order valence-corrected chi connectivity index (χ1v) is 5.63. The summed E-state index contributed by atoms with van der Waals surface area (Å²) in [5, 5.41) is 9.83. The summed E-state index contributed by atoms with van der Waals surface area (Å²) in [5.74, 6) is 5.91. The number of aliphatic hydroxyl groups is 1. The number of hydrogen-bond donors (Lipinski definition) is 1. The van der Waals surface area contributed by atoms with Gasteiger partial charge in [0.2, 0.25) is 0 Å². The summed E-state index contributed by atoms with van der Waals surface area (Å²) >= 11 is 0. The monoisotopic (exact) mass is 207 g/mol. The molecule has 84 valence electrons. The van der Waals surface area contributed by atoms with E-state index in [0.717, 1.165) is 19.6 Å². The fourth-order valence-electron chi connectivity index (χ4n) is 1.55. The molecule has 0 aromatic heterocycles. The Morgan fingerprint density at radius 1 is 1.40 bits per heavy atom. The van der Waals surface area contributed by atoms with Crippen LogP contribution in [0.25, 0.3) is 0 Å². The molecule has 0 saturated carbocycles. The van der Waals surface area contributed by atoms with Crippen molar-refractivity contribution in [3.63, 3.8) is 0 Å². The third-order valence-corrected chi connectivity index (χ3v) is 2.91. The lowest BCUT2D eigenvalue weighted by atomic mass is 10.00. The molecule has 0 radical (unpaired) electrons. The van der Waals surface area contributed by atoms with Crippen molar-refractivity contribution < 1.29 is 5.11 Å². The first-order chi connectivity index (χ1) is 7.02. The second kappa shape index (κ2) is 5.34. The Bertz CT molecular complexity index is 277. The molecule has 0 amide bonds. The van der Waals surface area contributed by atoms with Crippen LogP contribution in [0.15, 0.2) is 12.2 Å². The Morgan fingerprint density at radius 2 is 2.00 bits per heavy atom. The summed E-state index contributed by atoms with van der Waals surface area (Å²) in [6.07, 6.45) is 3.89. The van der Waals surface area contributed by atoms with Crippen LogP contribution in [0.4, 0.5) is 0 Å². The van der Waals surface area contributed by atoms with Crippen molar-refractivity contribution in [1.29, 1.82) is 0 Å². The summed E-state index contributed by atoms with van der Waals surface area (Å²) in [4.78, 5) is 2.34. The topological polar surface area (TPSA) is 23.5 Å². The fraction of sp³-hybridized carbons (Fsp3) is 0.692. The van der Waals surface area contributed by atoms with Crippen molar-refractivity contribution in [2.45, 2.75) is 38.7 Å². The van der Waals surface area contributed by atoms with Gasteiger partial charge in [-0.25, -0.2) is 0 Å². The Balaban J connectivity index is 2.41. The van der Waals surface area contributed by atoms with Gasteiger partial charge in [0.05, 0.1) is 6.54 Å². The van der Waals surface area contributed by atoms with Gasteiger partial charge in [-0.1, -0.05) is 24.8 Å². The van der Waals surface area contributed by atoms with E-state index in [9.17, 15) is 5.11 Å². The van der Waals surface area contributed by atoms with E-state index in [1.807, 2.05) is 0 Å². The predicted molar refractivity (Wildman–Crippen MR) is 63.5 cm³/mol. The van der Waals surface area contributed by atoms with Gasteiger partial charge in [-0.05, 0) is 45.4 Å². The molecule has 1 aliphatic heterocycles. The van der Waals surface area contributed by atoms with Gasteiger partial charge in [0.15, 0.2) is 0 Å². The zero-order valence-electron chi connectivity index (χ0n) is 9.84. The Hall–Kier alpha value is -0.780. The van der Waals surface area contributed by atoms with Crippen LogP contribution in [0.5, 0.6) is 0 Å². The average molecular weight is 207 g/mol. The van der Waals surface area contributed by atoms with Gasteiger partial charge >= 0.3 is 0 Å². The van der Waals surface area contributed by atoms with Crippen LogP contribution < -0.4 is 0 Å². The van der Waals surface area contributed by atoms with E-state index in [2.05, 4.69) is 23.3 Å². The summed E-state index contributed by atoms with van der Waals surface area (Å²) in [7, 11) is 0. The minimum Gasteiger partial charge on any atom is -0.374 e.